The molecule has 8 heteroatoms. The van der Waals surface area contributed by atoms with Gasteiger partial charge in [-0.05, 0) is 0 Å². The summed E-state index contributed by atoms with van der Waals surface area (Å²) in [5.74, 6) is 0.372. The number of hydrogen-bond acceptors (Lipinski definition) is 5. The second-order valence-electron chi connectivity index (χ2n) is 4.11. The summed E-state index contributed by atoms with van der Waals surface area (Å²) in [6.45, 7) is 0. The van der Waals surface area contributed by atoms with Crippen molar-refractivity contribution in [3.63, 3.8) is 0 Å². The average Bonchev–Trinajstić information content (AvgIpc) is 3.09. The van der Waals surface area contributed by atoms with Gasteiger partial charge in [0.1, 0.15) is 0 Å². The molecule has 20 heavy (non-hydrogen) atoms. The lowest BCUT2D eigenvalue weighted by molar-refractivity contribution is 0.102. The van der Waals surface area contributed by atoms with Crippen LogP contribution in [0, 0.1) is 0 Å². The number of carbonyl (C=O) groups is 1. The number of carbonyl (C=O) groups excluding carboxylic acids is 1. The van der Waals surface area contributed by atoms with Crippen LogP contribution >= 0.6 is 0 Å². The van der Waals surface area contributed by atoms with Gasteiger partial charge < -0.3 is 0 Å². The number of amides is 1. The fourth-order valence-electron chi connectivity index (χ4n) is 1.66. The molecule has 0 aliphatic rings. The Morgan fingerprint density at radius 1 is 1.30 bits per heavy atom. The number of aromatic amines is 1. The highest BCUT2D eigenvalue weighted by Crippen LogP contribution is 2.15. The third-order valence-corrected chi connectivity index (χ3v) is 2.59. The number of nitrogens with zero attached hydrogens (tertiary/aromatic N) is 5. The van der Waals surface area contributed by atoms with Crippen LogP contribution < -0.4 is 5.32 Å². The minimum absolute atomic E-state index is 0.194. The van der Waals surface area contributed by atoms with Gasteiger partial charge in [-0.15, -0.1) is 10.2 Å². The van der Waals surface area contributed by atoms with E-state index in [0.717, 1.165) is 5.56 Å². The Hall–Kier alpha value is -3.03. The van der Waals surface area contributed by atoms with E-state index in [9.17, 15) is 4.79 Å². The zero-order valence-corrected chi connectivity index (χ0v) is 10.6. The summed E-state index contributed by atoms with van der Waals surface area (Å²) < 4.78 is 1.45. The predicted octanol–water partition coefficient (Wildman–Crippen LogP) is 0.852. The van der Waals surface area contributed by atoms with E-state index in [-0.39, 0.29) is 11.6 Å². The molecule has 2 N–H and O–H groups in total. The molecule has 0 aliphatic heterocycles. The summed E-state index contributed by atoms with van der Waals surface area (Å²) in [6.07, 6.45) is 1.51. The van der Waals surface area contributed by atoms with Gasteiger partial charge in [-0.25, -0.2) is 0 Å². The molecule has 8 nitrogen and oxygen atoms in total. The molecule has 3 rings (SSSR count). The zero-order chi connectivity index (χ0) is 13.9. The summed E-state index contributed by atoms with van der Waals surface area (Å²) in [6, 6.07) is 9.51. The number of aromatic nitrogens is 6. The molecule has 0 bridgehead atoms. The van der Waals surface area contributed by atoms with Crippen molar-refractivity contribution < 1.29 is 4.79 Å². The molecule has 0 aliphatic carbocycles. The van der Waals surface area contributed by atoms with Gasteiger partial charge in [-0.3, -0.25) is 19.9 Å². The van der Waals surface area contributed by atoms with E-state index in [1.54, 1.807) is 7.05 Å². The van der Waals surface area contributed by atoms with Crippen LogP contribution in [0.5, 0.6) is 0 Å². The van der Waals surface area contributed by atoms with Crippen molar-refractivity contribution >= 4 is 11.9 Å². The van der Waals surface area contributed by atoms with Crippen molar-refractivity contribution in [1.82, 2.24) is 30.2 Å². The fourth-order valence-corrected chi connectivity index (χ4v) is 1.66. The van der Waals surface area contributed by atoms with Crippen LogP contribution in [0.4, 0.5) is 5.95 Å². The van der Waals surface area contributed by atoms with Crippen molar-refractivity contribution in [2.24, 2.45) is 7.05 Å². The van der Waals surface area contributed by atoms with Gasteiger partial charge in [0.15, 0.2) is 11.5 Å². The maximum atomic E-state index is 11.9. The van der Waals surface area contributed by atoms with Crippen molar-refractivity contribution in [3.05, 3.63) is 42.2 Å². The maximum absolute atomic E-state index is 11.9. The van der Waals surface area contributed by atoms with E-state index >= 15 is 0 Å². The quantitative estimate of drug-likeness (QED) is 0.734. The largest absolute Gasteiger partial charge is 0.288 e. The first-order chi connectivity index (χ1) is 9.72. The minimum Gasteiger partial charge on any atom is -0.288 e. The predicted molar refractivity (Wildman–Crippen MR) is 70.8 cm³/mol. The van der Waals surface area contributed by atoms with E-state index in [0.29, 0.717) is 5.82 Å². The Balaban J connectivity index is 1.76. The number of anilines is 1. The van der Waals surface area contributed by atoms with Crippen LogP contribution in [0.1, 0.15) is 10.5 Å². The highest BCUT2D eigenvalue weighted by Gasteiger charge is 2.13. The number of rotatable bonds is 3. The van der Waals surface area contributed by atoms with Gasteiger partial charge in [0.05, 0.1) is 6.20 Å². The Labute approximate surface area is 113 Å². The Kier molecular flexibility index (Phi) is 2.96. The van der Waals surface area contributed by atoms with Crippen LogP contribution in [0.3, 0.4) is 0 Å². The first kappa shape index (κ1) is 12.0. The van der Waals surface area contributed by atoms with Crippen LogP contribution in [0.15, 0.2) is 36.5 Å². The standard InChI is InChI=1S/C12H11N7O/c1-19-7-9(15-18-19)11(20)14-12-13-10(16-17-12)8-5-3-2-4-6-8/h2-7H,1H3,(H2,13,14,16,17,20). The Morgan fingerprint density at radius 3 is 2.80 bits per heavy atom. The number of nitrogens with one attached hydrogen (secondary N) is 2. The molecule has 1 aromatic carbocycles. The minimum atomic E-state index is -0.406. The molecular formula is C12H11N7O. The lowest BCUT2D eigenvalue weighted by atomic mass is 10.2. The second kappa shape index (κ2) is 4.92. The van der Waals surface area contributed by atoms with Crippen LogP contribution in [0.2, 0.25) is 0 Å². The van der Waals surface area contributed by atoms with Crippen LogP contribution in [0.25, 0.3) is 11.4 Å². The number of aryl methyl sites for hydroxylation is 1. The molecule has 100 valence electrons. The highest BCUT2D eigenvalue weighted by molar-refractivity contribution is 6.01. The molecule has 0 unspecified atom stereocenters. The zero-order valence-electron chi connectivity index (χ0n) is 10.6. The van der Waals surface area contributed by atoms with Gasteiger partial charge in [-0.1, -0.05) is 35.5 Å². The Morgan fingerprint density at radius 2 is 2.10 bits per heavy atom. The third kappa shape index (κ3) is 2.39. The molecule has 0 saturated heterocycles. The molecule has 2 aromatic heterocycles. The summed E-state index contributed by atoms with van der Waals surface area (Å²) >= 11 is 0. The Bertz CT molecular complexity index is 731. The van der Waals surface area contributed by atoms with E-state index < -0.39 is 5.91 Å². The summed E-state index contributed by atoms with van der Waals surface area (Å²) in [5.41, 5.74) is 1.10. The molecule has 0 spiro atoms. The van der Waals surface area contributed by atoms with Crippen molar-refractivity contribution in [2.45, 2.75) is 0 Å². The summed E-state index contributed by atoms with van der Waals surface area (Å²) in [4.78, 5) is 16.1. The van der Waals surface area contributed by atoms with Gasteiger partial charge in [0, 0.05) is 12.6 Å². The number of H-pyrrole nitrogens is 1. The van der Waals surface area contributed by atoms with Crippen molar-refractivity contribution in [3.8, 4) is 11.4 Å². The average molecular weight is 269 g/mol. The first-order valence-corrected chi connectivity index (χ1v) is 5.88. The number of benzene rings is 1. The van der Waals surface area contributed by atoms with E-state index in [4.69, 9.17) is 0 Å². The lowest BCUT2D eigenvalue weighted by Gasteiger charge is -1.95. The van der Waals surface area contributed by atoms with Crippen LogP contribution in [-0.2, 0) is 7.05 Å². The summed E-state index contributed by atoms with van der Waals surface area (Å²) in [7, 11) is 1.68. The van der Waals surface area contributed by atoms with Gasteiger partial charge in [0.25, 0.3) is 5.91 Å². The molecule has 3 aromatic rings. The van der Waals surface area contributed by atoms with Crippen molar-refractivity contribution in [2.75, 3.05) is 5.32 Å². The molecule has 2 heterocycles. The monoisotopic (exact) mass is 269 g/mol. The van der Waals surface area contributed by atoms with Gasteiger partial charge in [0.2, 0.25) is 5.95 Å². The maximum Gasteiger partial charge on any atom is 0.280 e. The van der Waals surface area contributed by atoms with E-state index in [1.807, 2.05) is 30.3 Å². The molecule has 0 atom stereocenters. The molecule has 0 saturated carbocycles. The second-order valence-corrected chi connectivity index (χ2v) is 4.11. The van der Waals surface area contributed by atoms with Crippen LogP contribution in [-0.4, -0.2) is 36.1 Å². The SMILES string of the molecule is Cn1cc(C(=O)Nc2n[nH]c(-c3ccccc3)n2)nn1. The van der Waals surface area contributed by atoms with E-state index in [1.165, 1.54) is 10.9 Å². The smallest absolute Gasteiger partial charge is 0.280 e. The molecule has 0 radical (unpaired) electrons. The van der Waals surface area contributed by atoms with E-state index in [2.05, 4.69) is 30.8 Å². The molecule has 1 amide bonds. The third-order valence-electron chi connectivity index (χ3n) is 2.59. The van der Waals surface area contributed by atoms with Gasteiger partial charge in [-0.2, -0.15) is 4.98 Å². The first-order valence-electron chi connectivity index (χ1n) is 5.88. The normalized spacial score (nSPS) is 10.4. The number of hydrogen-bond donors (Lipinski definition) is 2. The topological polar surface area (TPSA) is 101 Å². The fraction of sp³-hybridized carbons (Fsp3) is 0.0833. The van der Waals surface area contributed by atoms with Crippen molar-refractivity contribution in [1.29, 1.82) is 0 Å². The molecular weight excluding hydrogens is 258 g/mol. The van der Waals surface area contributed by atoms with Gasteiger partial charge >= 0.3 is 0 Å². The summed E-state index contributed by atoms with van der Waals surface area (Å²) in [5, 5.41) is 16.7. The highest BCUT2D eigenvalue weighted by atomic mass is 16.2. The lowest BCUT2D eigenvalue weighted by Crippen LogP contribution is -2.13. The molecule has 0 fully saturated rings.